The zero-order valence-electron chi connectivity index (χ0n) is 20.3. The number of hydrogen-bond acceptors (Lipinski definition) is 2. The third-order valence-electron chi connectivity index (χ3n) is 6.41. The van der Waals surface area contributed by atoms with Gasteiger partial charge in [-0.1, -0.05) is 74.0 Å². The van der Waals surface area contributed by atoms with Gasteiger partial charge in [0, 0.05) is 6.08 Å². The van der Waals surface area contributed by atoms with Crippen LogP contribution in [0.15, 0.2) is 78.9 Å². The van der Waals surface area contributed by atoms with E-state index in [9.17, 15) is 8.78 Å². The van der Waals surface area contributed by atoms with Gasteiger partial charge in [0.25, 0.3) is 0 Å². The van der Waals surface area contributed by atoms with Crippen LogP contribution in [0.2, 0.25) is 0 Å². The molecule has 0 heterocycles. The standard InChI is InChI=1S/C30H38F2O2/c1-2-3-5-9-25-12-14-26(15-13-25)16-17-27-18-20-29(21-19-27)34-30(31,32)22-8-23-33-24-28-10-6-4-7-11-28/h4-11,18-22,25-26H,2-3,12-17,23-24H2,1H3/b9-5+,22-8+. The molecule has 0 unspecified atom stereocenters. The van der Waals surface area contributed by atoms with Gasteiger partial charge in [-0.2, -0.15) is 8.78 Å². The topological polar surface area (TPSA) is 18.5 Å². The number of benzene rings is 2. The second-order valence-electron chi connectivity index (χ2n) is 9.25. The maximum Gasteiger partial charge on any atom is 0.419 e. The van der Waals surface area contributed by atoms with Gasteiger partial charge in [0.1, 0.15) is 5.75 Å². The summed E-state index contributed by atoms with van der Waals surface area (Å²) in [5, 5.41) is 0. The van der Waals surface area contributed by atoms with Crippen LogP contribution >= 0.6 is 0 Å². The van der Waals surface area contributed by atoms with Gasteiger partial charge in [-0.3, -0.25) is 0 Å². The van der Waals surface area contributed by atoms with Crippen LogP contribution < -0.4 is 4.74 Å². The first-order valence-corrected chi connectivity index (χ1v) is 12.7. The molecule has 34 heavy (non-hydrogen) atoms. The predicted molar refractivity (Wildman–Crippen MR) is 135 cm³/mol. The average molecular weight is 469 g/mol. The maximum atomic E-state index is 14.1. The molecule has 1 fully saturated rings. The minimum absolute atomic E-state index is 0.101. The van der Waals surface area contributed by atoms with Crippen LogP contribution in [0.25, 0.3) is 0 Å². The Morgan fingerprint density at radius 2 is 1.65 bits per heavy atom. The highest BCUT2D eigenvalue weighted by Crippen LogP contribution is 2.32. The molecule has 0 spiro atoms. The summed E-state index contributed by atoms with van der Waals surface area (Å²) in [5.74, 6) is 1.69. The monoisotopic (exact) mass is 468 g/mol. The molecule has 1 aliphatic carbocycles. The zero-order valence-corrected chi connectivity index (χ0v) is 20.3. The Balaban J connectivity index is 1.35. The largest absolute Gasteiger partial charge is 0.429 e. The summed E-state index contributed by atoms with van der Waals surface area (Å²) < 4.78 is 38.5. The fourth-order valence-electron chi connectivity index (χ4n) is 4.42. The van der Waals surface area contributed by atoms with E-state index in [0.29, 0.717) is 6.61 Å². The Morgan fingerprint density at radius 1 is 0.912 bits per heavy atom. The molecule has 0 N–H and O–H groups in total. The lowest BCUT2D eigenvalue weighted by molar-refractivity contribution is -0.132. The quantitative estimate of drug-likeness (QED) is 0.217. The van der Waals surface area contributed by atoms with Crippen molar-refractivity contribution in [2.75, 3.05) is 6.61 Å². The fraction of sp³-hybridized carbons (Fsp3) is 0.467. The normalized spacial score (nSPS) is 19.1. The first kappa shape index (κ1) is 26.2. The van der Waals surface area contributed by atoms with E-state index in [2.05, 4.69) is 19.1 Å². The molecule has 0 amide bonds. The SMILES string of the molecule is CCC/C=C/C1CCC(CCc2ccc(OC(F)(F)/C=C/COCc3ccccc3)cc2)CC1. The Kier molecular flexibility index (Phi) is 10.8. The number of alkyl halides is 2. The summed E-state index contributed by atoms with van der Waals surface area (Å²) in [7, 11) is 0. The lowest BCUT2D eigenvalue weighted by Gasteiger charge is -2.26. The number of aryl methyl sites for hydroxylation is 1. The number of hydrogen-bond donors (Lipinski definition) is 0. The van der Waals surface area contributed by atoms with Gasteiger partial charge < -0.3 is 9.47 Å². The maximum absolute atomic E-state index is 14.1. The Bertz CT molecular complexity index is 866. The van der Waals surface area contributed by atoms with Crippen molar-refractivity contribution in [3.05, 3.63) is 90.0 Å². The van der Waals surface area contributed by atoms with E-state index in [1.165, 1.54) is 50.2 Å². The molecule has 2 aromatic rings. The molecule has 0 radical (unpaired) electrons. The first-order chi connectivity index (χ1) is 16.5. The van der Waals surface area contributed by atoms with E-state index in [0.717, 1.165) is 36.3 Å². The number of allylic oxidation sites excluding steroid dienone is 2. The number of rotatable bonds is 13. The molecule has 3 rings (SSSR count). The van der Waals surface area contributed by atoms with E-state index in [1.54, 1.807) is 12.1 Å². The molecule has 4 heteroatoms. The summed E-state index contributed by atoms with van der Waals surface area (Å²) in [4.78, 5) is 0. The molecule has 0 atom stereocenters. The van der Waals surface area contributed by atoms with Crippen LogP contribution in [0.5, 0.6) is 5.75 Å². The Morgan fingerprint density at radius 3 is 2.35 bits per heavy atom. The Hall–Kier alpha value is -2.46. The molecule has 2 aromatic carbocycles. The highest BCUT2D eigenvalue weighted by atomic mass is 19.3. The van der Waals surface area contributed by atoms with Crippen LogP contribution in [0.4, 0.5) is 8.78 Å². The van der Waals surface area contributed by atoms with Crippen LogP contribution in [0.1, 0.15) is 63.0 Å². The molecule has 0 saturated heterocycles. The second kappa shape index (κ2) is 14.1. The predicted octanol–water partition coefficient (Wildman–Crippen LogP) is 8.53. The van der Waals surface area contributed by atoms with Crippen molar-refractivity contribution in [3.8, 4) is 5.75 Å². The average Bonchev–Trinajstić information content (AvgIpc) is 2.85. The molecule has 0 aliphatic heterocycles. The summed E-state index contributed by atoms with van der Waals surface area (Å²) in [6, 6.07) is 16.7. The smallest absolute Gasteiger partial charge is 0.419 e. The van der Waals surface area contributed by atoms with Crippen LogP contribution in [-0.2, 0) is 17.8 Å². The van der Waals surface area contributed by atoms with Crippen molar-refractivity contribution in [1.82, 2.24) is 0 Å². The summed E-state index contributed by atoms with van der Waals surface area (Å²) in [5.41, 5.74) is 2.18. The highest BCUT2D eigenvalue weighted by Gasteiger charge is 2.27. The van der Waals surface area contributed by atoms with Crippen LogP contribution in [0, 0.1) is 11.8 Å². The minimum Gasteiger partial charge on any atom is -0.429 e. The summed E-state index contributed by atoms with van der Waals surface area (Å²) in [6.07, 6.45) is 13.1. The summed E-state index contributed by atoms with van der Waals surface area (Å²) in [6.45, 7) is 2.70. The number of unbranched alkanes of at least 4 members (excludes halogenated alkanes) is 1. The van der Waals surface area contributed by atoms with E-state index in [4.69, 9.17) is 9.47 Å². The third kappa shape index (κ3) is 9.80. The van der Waals surface area contributed by atoms with Gasteiger partial charge in [0.2, 0.25) is 0 Å². The lowest BCUT2D eigenvalue weighted by Crippen LogP contribution is -2.21. The lowest BCUT2D eigenvalue weighted by atomic mass is 9.79. The van der Waals surface area contributed by atoms with E-state index < -0.39 is 6.11 Å². The molecule has 184 valence electrons. The molecule has 1 saturated carbocycles. The second-order valence-corrected chi connectivity index (χ2v) is 9.25. The van der Waals surface area contributed by atoms with Crippen LogP contribution in [0.3, 0.4) is 0 Å². The first-order valence-electron chi connectivity index (χ1n) is 12.7. The zero-order chi connectivity index (χ0) is 24.1. The fourth-order valence-corrected chi connectivity index (χ4v) is 4.42. The highest BCUT2D eigenvalue weighted by molar-refractivity contribution is 5.28. The number of ether oxygens (including phenoxy) is 2. The number of halogens is 2. The molecule has 0 aromatic heterocycles. The van der Waals surface area contributed by atoms with Crippen molar-refractivity contribution in [3.63, 3.8) is 0 Å². The van der Waals surface area contributed by atoms with Gasteiger partial charge in [-0.25, -0.2) is 0 Å². The molecule has 0 bridgehead atoms. The molecular formula is C30H38F2O2. The third-order valence-corrected chi connectivity index (χ3v) is 6.41. The van der Waals surface area contributed by atoms with Crippen molar-refractivity contribution < 1.29 is 18.3 Å². The van der Waals surface area contributed by atoms with Gasteiger partial charge in [0.15, 0.2) is 0 Å². The van der Waals surface area contributed by atoms with Crippen molar-refractivity contribution in [2.45, 2.75) is 71.0 Å². The van der Waals surface area contributed by atoms with Crippen molar-refractivity contribution in [2.24, 2.45) is 11.8 Å². The van der Waals surface area contributed by atoms with Crippen LogP contribution in [-0.4, -0.2) is 12.7 Å². The molecular weight excluding hydrogens is 430 g/mol. The van der Waals surface area contributed by atoms with E-state index >= 15 is 0 Å². The van der Waals surface area contributed by atoms with E-state index in [-0.39, 0.29) is 12.4 Å². The Labute approximate surface area is 203 Å². The van der Waals surface area contributed by atoms with Gasteiger partial charge in [-0.15, -0.1) is 0 Å². The van der Waals surface area contributed by atoms with Crippen molar-refractivity contribution in [1.29, 1.82) is 0 Å². The van der Waals surface area contributed by atoms with Gasteiger partial charge in [0.05, 0.1) is 13.2 Å². The minimum atomic E-state index is -3.37. The molecule has 1 aliphatic rings. The van der Waals surface area contributed by atoms with Gasteiger partial charge >= 0.3 is 6.11 Å². The van der Waals surface area contributed by atoms with E-state index in [1.807, 2.05) is 42.5 Å². The molecule has 2 nitrogen and oxygen atoms in total. The van der Waals surface area contributed by atoms with Crippen molar-refractivity contribution >= 4 is 0 Å². The summed E-state index contributed by atoms with van der Waals surface area (Å²) >= 11 is 0. The van der Waals surface area contributed by atoms with Gasteiger partial charge in [-0.05, 0) is 80.0 Å².